The van der Waals surface area contributed by atoms with Crippen LogP contribution >= 0.6 is 11.3 Å². The van der Waals surface area contributed by atoms with Crippen molar-refractivity contribution >= 4 is 33.7 Å². The largest absolute Gasteiger partial charge is 0.372 e. The number of aromatic nitrogens is 1. The third-order valence-corrected chi connectivity index (χ3v) is 9.86. The fourth-order valence-corrected chi connectivity index (χ4v) is 7.35. The van der Waals surface area contributed by atoms with Gasteiger partial charge in [0.05, 0.1) is 27.3 Å². The molecule has 0 radical (unpaired) electrons. The zero-order valence-corrected chi connectivity index (χ0v) is 24.2. The van der Waals surface area contributed by atoms with Crippen molar-refractivity contribution in [1.29, 1.82) is 0 Å². The fraction of sp³-hybridized carbons (Fsp3) is 0.312. The SMILES string of the molecule is CCN(CC)c1ccc(-c2csc(C3CCN(C(=O)c4ccccc4CS(=O)c4ccccc4)CC3)n2)cc1. The van der Waals surface area contributed by atoms with Crippen molar-refractivity contribution in [1.82, 2.24) is 9.88 Å². The Balaban J connectivity index is 1.21. The number of hydrogen-bond donors (Lipinski definition) is 0. The fourth-order valence-electron chi connectivity index (χ4n) is 5.19. The molecule has 7 heteroatoms. The lowest BCUT2D eigenvalue weighted by atomic mass is 9.96. The molecular weight excluding hydrogens is 523 g/mol. The molecule has 1 amide bonds. The van der Waals surface area contributed by atoms with E-state index >= 15 is 0 Å². The number of thiazole rings is 1. The van der Waals surface area contributed by atoms with Crippen LogP contribution in [0.4, 0.5) is 5.69 Å². The summed E-state index contributed by atoms with van der Waals surface area (Å²) in [4.78, 5) is 23.6. The quantitative estimate of drug-likeness (QED) is 0.223. The Kier molecular flexibility index (Phi) is 8.89. The average molecular weight is 558 g/mol. The molecule has 39 heavy (non-hydrogen) atoms. The summed E-state index contributed by atoms with van der Waals surface area (Å²) >= 11 is 1.72. The minimum atomic E-state index is -1.20. The van der Waals surface area contributed by atoms with Crippen molar-refractivity contribution in [3.05, 3.63) is 100 Å². The van der Waals surface area contributed by atoms with E-state index in [1.54, 1.807) is 11.3 Å². The van der Waals surface area contributed by atoms with Gasteiger partial charge in [-0.15, -0.1) is 11.3 Å². The van der Waals surface area contributed by atoms with Gasteiger partial charge in [-0.3, -0.25) is 9.00 Å². The van der Waals surface area contributed by atoms with E-state index in [0.29, 0.717) is 30.3 Å². The van der Waals surface area contributed by atoms with Crippen LogP contribution in [0.5, 0.6) is 0 Å². The monoisotopic (exact) mass is 557 g/mol. The highest BCUT2D eigenvalue weighted by Gasteiger charge is 2.27. The van der Waals surface area contributed by atoms with Crippen LogP contribution < -0.4 is 4.90 Å². The molecule has 3 aromatic carbocycles. The van der Waals surface area contributed by atoms with Crippen LogP contribution in [-0.2, 0) is 16.6 Å². The van der Waals surface area contributed by atoms with Gasteiger partial charge in [-0.2, -0.15) is 0 Å². The highest BCUT2D eigenvalue weighted by atomic mass is 32.2. The van der Waals surface area contributed by atoms with E-state index in [9.17, 15) is 9.00 Å². The molecule has 1 fully saturated rings. The molecule has 1 unspecified atom stereocenters. The summed E-state index contributed by atoms with van der Waals surface area (Å²) in [6.07, 6.45) is 1.80. The number of carbonyl (C=O) groups is 1. The molecule has 1 atom stereocenters. The Hall–Kier alpha value is -3.29. The van der Waals surface area contributed by atoms with Gasteiger partial charge in [0.15, 0.2) is 0 Å². The molecule has 2 heterocycles. The van der Waals surface area contributed by atoms with E-state index < -0.39 is 10.8 Å². The number of piperidine rings is 1. The second kappa shape index (κ2) is 12.7. The molecule has 0 bridgehead atoms. The van der Waals surface area contributed by atoms with Crippen LogP contribution in [0, 0.1) is 0 Å². The van der Waals surface area contributed by atoms with Crippen molar-refractivity contribution in [3.63, 3.8) is 0 Å². The maximum Gasteiger partial charge on any atom is 0.254 e. The first-order valence-corrected chi connectivity index (χ1v) is 15.9. The third-order valence-electron chi connectivity index (χ3n) is 7.49. The van der Waals surface area contributed by atoms with Gasteiger partial charge in [-0.05, 0) is 62.6 Å². The van der Waals surface area contributed by atoms with E-state index in [1.165, 1.54) is 5.69 Å². The number of hydrogen-bond acceptors (Lipinski definition) is 5. The number of likely N-dealkylation sites (tertiary alicyclic amines) is 1. The smallest absolute Gasteiger partial charge is 0.254 e. The summed E-state index contributed by atoms with van der Waals surface area (Å²) in [5.41, 5.74) is 4.91. The van der Waals surface area contributed by atoms with Gasteiger partial charge in [-0.25, -0.2) is 4.98 Å². The van der Waals surface area contributed by atoms with Crippen molar-refractivity contribution < 1.29 is 9.00 Å². The predicted octanol–water partition coefficient (Wildman–Crippen LogP) is 6.98. The van der Waals surface area contributed by atoms with Crippen molar-refractivity contribution in [2.45, 2.75) is 43.3 Å². The van der Waals surface area contributed by atoms with Crippen LogP contribution in [0.3, 0.4) is 0 Å². The standard InChI is InChI=1S/C32H35N3O2S2/c1-3-34(4-2)27-16-14-24(15-17-27)30-22-38-31(33-30)25-18-20-35(21-19-25)32(36)29-13-9-8-10-26(29)23-39(37)28-11-6-5-7-12-28/h5-17,22,25H,3-4,18-21,23H2,1-2H3. The first-order chi connectivity index (χ1) is 19.1. The van der Waals surface area contributed by atoms with E-state index in [2.05, 4.69) is 48.4 Å². The van der Waals surface area contributed by atoms with E-state index in [-0.39, 0.29) is 5.91 Å². The molecule has 1 aliphatic rings. The lowest BCUT2D eigenvalue weighted by molar-refractivity contribution is 0.0712. The minimum Gasteiger partial charge on any atom is -0.372 e. The Morgan fingerprint density at radius 1 is 0.949 bits per heavy atom. The summed E-state index contributed by atoms with van der Waals surface area (Å²) in [5, 5.41) is 3.31. The number of carbonyl (C=O) groups excluding carboxylic acids is 1. The topological polar surface area (TPSA) is 53.5 Å². The highest BCUT2D eigenvalue weighted by Crippen LogP contribution is 2.34. The summed E-state index contributed by atoms with van der Waals surface area (Å²) in [6, 6.07) is 25.7. The normalized spacial score (nSPS) is 14.8. The van der Waals surface area contributed by atoms with E-state index in [0.717, 1.165) is 52.7 Å². The average Bonchev–Trinajstić information content (AvgIpc) is 3.49. The van der Waals surface area contributed by atoms with Gasteiger partial charge in [0.1, 0.15) is 0 Å². The molecular formula is C32H35N3O2S2. The second-order valence-electron chi connectivity index (χ2n) is 9.82. The Morgan fingerprint density at radius 2 is 1.62 bits per heavy atom. The van der Waals surface area contributed by atoms with Crippen LogP contribution in [-0.4, -0.2) is 46.2 Å². The van der Waals surface area contributed by atoms with Crippen LogP contribution in [0.1, 0.15) is 53.5 Å². The molecule has 1 aromatic heterocycles. The number of nitrogens with zero attached hydrogens (tertiary/aromatic N) is 3. The Morgan fingerprint density at radius 3 is 2.31 bits per heavy atom. The molecule has 202 valence electrons. The number of rotatable bonds is 9. The van der Waals surface area contributed by atoms with Crippen molar-refractivity contribution in [2.75, 3.05) is 31.1 Å². The molecule has 0 aliphatic carbocycles. The highest BCUT2D eigenvalue weighted by molar-refractivity contribution is 7.84. The van der Waals surface area contributed by atoms with Gasteiger partial charge in [0.25, 0.3) is 5.91 Å². The van der Waals surface area contributed by atoms with Crippen molar-refractivity contribution in [2.24, 2.45) is 0 Å². The van der Waals surface area contributed by atoms with Gasteiger partial charge in [0.2, 0.25) is 0 Å². The predicted molar refractivity (Wildman–Crippen MR) is 162 cm³/mol. The molecule has 4 aromatic rings. The lowest BCUT2D eigenvalue weighted by Crippen LogP contribution is -2.38. The molecule has 5 nitrogen and oxygen atoms in total. The van der Waals surface area contributed by atoms with Gasteiger partial charge >= 0.3 is 0 Å². The van der Waals surface area contributed by atoms with E-state index in [1.807, 2.05) is 59.5 Å². The molecule has 0 N–H and O–H groups in total. The molecule has 1 saturated heterocycles. The zero-order chi connectivity index (χ0) is 27.2. The minimum absolute atomic E-state index is 0.0298. The van der Waals surface area contributed by atoms with Crippen LogP contribution in [0.25, 0.3) is 11.3 Å². The first-order valence-electron chi connectivity index (χ1n) is 13.7. The summed E-state index contributed by atoms with van der Waals surface area (Å²) in [6.45, 7) is 7.75. The van der Waals surface area contributed by atoms with E-state index in [4.69, 9.17) is 4.98 Å². The van der Waals surface area contributed by atoms with Crippen molar-refractivity contribution in [3.8, 4) is 11.3 Å². The Bertz CT molecular complexity index is 1410. The van der Waals surface area contributed by atoms with Crippen LogP contribution in [0.15, 0.2) is 89.1 Å². The molecule has 5 rings (SSSR count). The molecule has 0 spiro atoms. The summed E-state index contributed by atoms with van der Waals surface area (Å²) in [7, 11) is -1.20. The Labute approximate surface area is 238 Å². The third kappa shape index (κ3) is 6.31. The maximum absolute atomic E-state index is 13.5. The molecule has 1 aliphatic heterocycles. The van der Waals surface area contributed by atoms with Gasteiger partial charge in [-0.1, -0.05) is 48.5 Å². The maximum atomic E-state index is 13.5. The number of benzene rings is 3. The zero-order valence-electron chi connectivity index (χ0n) is 22.6. The first kappa shape index (κ1) is 27.3. The summed E-state index contributed by atoms with van der Waals surface area (Å²) in [5.74, 6) is 0.728. The second-order valence-corrected chi connectivity index (χ2v) is 12.2. The van der Waals surface area contributed by atoms with Crippen LogP contribution in [0.2, 0.25) is 0 Å². The molecule has 0 saturated carbocycles. The summed E-state index contributed by atoms with van der Waals surface area (Å²) < 4.78 is 12.9. The van der Waals surface area contributed by atoms with Gasteiger partial charge < -0.3 is 9.80 Å². The lowest BCUT2D eigenvalue weighted by Gasteiger charge is -2.31. The number of anilines is 1. The number of amides is 1. The van der Waals surface area contributed by atoms with Gasteiger partial charge in [0, 0.05) is 59.2 Å².